The minimum atomic E-state index is -2.18. The highest BCUT2D eigenvalue weighted by atomic mass is 19.1. The molecule has 3 unspecified atom stereocenters. The number of rotatable bonds is 10. The molecule has 1 aromatic heterocycles. The molecule has 3 saturated heterocycles. The van der Waals surface area contributed by atoms with Crippen LogP contribution in [0.2, 0.25) is 0 Å². The molecule has 83 heavy (non-hydrogen) atoms. The quantitative estimate of drug-likeness (QED) is 0.0751. The van der Waals surface area contributed by atoms with Gasteiger partial charge in [-0.05, 0) is 68.6 Å². The number of aryl methyl sites for hydroxylation is 1. The molecule has 5 saturated carbocycles. The summed E-state index contributed by atoms with van der Waals surface area (Å²) in [4.78, 5) is 68.0. The van der Waals surface area contributed by atoms with Gasteiger partial charge in [-0.3, -0.25) is 19.1 Å². The number of amides is 1. The van der Waals surface area contributed by atoms with Crippen molar-refractivity contribution in [2.75, 3.05) is 0 Å². The van der Waals surface area contributed by atoms with Crippen LogP contribution in [0.15, 0.2) is 54.7 Å². The SMILES string of the molecule is CC(=O)O[C@H]1C2C([C@@H](O)[C@H](NC(=O)CCCn3cc(COc4cc5c(cc4F)C4(OC(=O)c6ccccc64)c4cc(F)c(O)cc4O5)nn3)[C@H]3C[C@@H]4O[C@@H]4[C@H](O)[C@]23C)[C@@H]2[C@@H](O)[C@@H]3[C@H]([C@H](C)[C@H]4O[C@]45OC(=O)[C@@](C)(O)[C@]35C)[C@@]2(C)[C@H]1OC(C)=O. The lowest BCUT2D eigenvalue weighted by Gasteiger charge is -2.67. The van der Waals surface area contributed by atoms with E-state index in [0.29, 0.717) is 5.56 Å². The van der Waals surface area contributed by atoms with E-state index in [4.69, 9.17) is 37.9 Å². The van der Waals surface area contributed by atoms with Crippen molar-refractivity contribution >= 4 is 29.8 Å². The maximum atomic E-state index is 16.2. The number of phenolic OH excluding ortho intramolecular Hbond substituents is 1. The lowest BCUT2D eigenvalue weighted by Crippen LogP contribution is -2.76. The van der Waals surface area contributed by atoms with Gasteiger partial charge in [0.1, 0.15) is 48.2 Å². The van der Waals surface area contributed by atoms with E-state index >= 15 is 4.39 Å². The van der Waals surface area contributed by atoms with Crippen molar-refractivity contribution in [1.82, 2.24) is 20.3 Å². The van der Waals surface area contributed by atoms with Gasteiger partial charge < -0.3 is 68.7 Å². The molecule has 440 valence electrons. The van der Waals surface area contributed by atoms with Crippen LogP contribution in [0.4, 0.5) is 8.78 Å². The van der Waals surface area contributed by atoms with Crippen molar-refractivity contribution in [2.45, 2.75) is 153 Å². The molecular formula is C59H62F2N4O18. The highest BCUT2D eigenvalue weighted by Gasteiger charge is 2.93. The van der Waals surface area contributed by atoms with Crippen LogP contribution in [-0.4, -0.2) is 137 Å². The molecule has 24 heteroatoms. The van der Waals surface area contributed by atoms with Gasteiger partial charge in [0.2, 0.25) is 11.7 Å². The van der Waals surface area contributed by atoms with E-state index in [1.165, 1.54) is 37.6 Å². The van der Waals surface area contributed by atoms with Crippen molar-refractivity contribution in [3.8, 4) is 23.0 Å². The van der Waals surface area contributed by atoms with Crippen LogP contribution in [-0.2, 0) is 66.4 Å². The van der Waals surface area contributed by atoms with E-state index in [1.54, 1.807) is 38.2 Å². The van der Waals surface area contributed by atoms with Gasteiger partial charge in [-0.25, -0.2) is 18.4 Å². The van der Waals surface area contributed by atoms with Crippen LogP contribution in [0.5, 0.6) is 23.0 Å². The summed E-state index contributed by atoms with van der Waals surface area (Å²) >= 11 is 0. The summed E-state index contributed by atoms with van der Waals surface area (Å²) in [6.07, 6.45) is -6.66. The van der Waals surface area contributed by atoms with E-state index in [-0.39, 0.29) is 72.0 Å². The van der Waals surface area contributed by atoms with Gasteiger partial charge in [-0.2, -0.15) is 0 Å². The molecule has 8 fully saturated rings. The Hall–Kier alpha value is -6.83. The number of aliphatic hydroxyl groups is 4. The average Bonchev–Trinajstić information content (AvgIpc) is 1.48. The maximum Gasteiger partial charge on any atom is 0.341 e. The van der Waals surface area contributed by atoms with Crippen molar-refractivity contribution in [1.29, 1.82) is 0 Å². The van der Waals surface area contributed by atoms with E-state index in [0.717, 1.165) is 18.2 Å². The van der Waals surface area contributed by atoms with E-state index in [1.807, 2.05) is 13.8 Å². The highest BCUT2D eigenvalue weighted by molar-refractivity contribution is 5.97. The number of esters is 4. The number of hydrogen-bond donors (Lipinski definition) is 6. The Kier molecular flexibility index (Phi) is 11.5. The van der Waals surface area contributed by atoms with E-state index < -0.39 is 177 Å². The number of aromatic nitrogens is 3. The molecule has 5 aliphatic carbocycles. The van der Waals surface area contributed by atoms with Gasteiger partial charge in [0.15, 0.2) is 34.3 Å². The summed E-state index contributed by atoms with van der Waals surface area (Å²) in [7, 11) is 0. The topological polar surface area (TPSA) is 310 Å². The van der Waals surface area contributed by atoms with Crippen molar-refractivity contribution in [3.63, 3.8) is 0 Å². The Bertz CT molecular complexity index is 3510. The number of carbonyl (C=O) groups excluding carboxylic acids is 5. The van der Waals surface area contributed by atoms with Crippen LogP contribution in [0.1, 0.15) is 100 Å². The second kappa shape index (κ2) is 17.6. The lowest BCUT2D eigenvalue weighted by atomic mass is 9.40. The van der Waals surface area contributed by atoms with Crippen molar-refractivity contribution in [2.24, 2.45) is 57.7 Å². The number of aromatic hydroxyl groups is 1. The Morgan fingerprint density at radius 1 is 0.867 bits per heavy atom. The van der Waals surface area contributed by atoms with Gasteiger partial charge >= 0.3 is 23.9 Å². The van der Waals surface area contributed by atoms with Gasteiger partial charge in [-0.1, -0.05) is 44.2 Å². The molecule has 4 aromatic rings. The van der Waals surface area contributed by atoms with Gasteiger partial charge in [-0.15, -0.1) is 5.10 Å². The first-order chi connectivity index (χ1) is 39.2. The third kappa shape index (κ3) is 6.92. The molecule has 22 atom stereocenters. The zero-order chi connectivity index (χ0) is 58.7. The molecule has 6 heterocycles. The summed E-state index contributed by atoms with van der Waals surface area (Å²) in [5.74, 6) is -14.2. The molecule has 0 bridgehead atoms. The van der Waals surface area contributed by atoms with Crippen molar-refractivity contribution in [3.05, 3.63) is 94.3 Å². The van der Waals surface area contributed by atoms with Gasteiger partial charge in [0, 0.05) is 73.1 Å². The number of halogens is 2. The molecule has 1 amide bonds. The first kappa shape index (κ1) is 54.1. The molecule has 0 radical (unpaired) electrons. The number of aliphatic hydroxyl groups excluding tert-OH is 3. The number of epoxide rings is 2. The summed E-state index contributed by atoms with van der Waals surface area (Å²) in [6, 6.07) is 9.72. The molecule has 6 N–H and O–H groups in total. The van der Waals surface area contributed by atoms with Gasteiger partial charge in [0.25, 0.3) is 0 Å². The Morgan fingerprint density at radius 3 is 2.31 bits per heavy atom. The third-order valence-electron chi connectivity index (χ3n) is 21.6. The number of ether oxygens (including phenoxy) is 8. The second-order valence-electron chi connectivity index (χ2n) is 25.4. The summed E-state index contributed by atoms with van der Waals surface area (Å²) in [5.41, 5.74) is -7.43. The minimum Gasteiger partial charge on any atom is -0.505 e. The molecule has 10 aliphatic rings. The normalized spacial score (nSPS) is 42.9. The number of nitrogens with zero attached hydrogens (tertiary/aromatic N) is 3. The van der Waals surface area contributed by atoms with Crippen molar-refractivity contribution < 1.29 is 96.2 Å². The minimum absolute atomic E-state index is 0.00784. The fourth-order valence-corrected chi connectivity index (χ4v) is 18.1. The van der Waals surface area contributed by atoms with Crippen LogP contribution in [0.25, 0.3) is 0 Å². The van der Waals surface area contributed by atoms with Crippen LogP contribution in [0.3, 0.4) is 0 Å². The first-order valence-electron chi connectivity index (χ1n) is 28.1. The first-order valence-corrected chi connectivity index (χ1v) is 28.1. The number of hydrogen-bond acceptors (Lipinski definition) is 20. The van der Waals surface area contributed by atoms with Crippen LogP contribution >= 0.6 is 0 Å². The standard InChI is InChI=1S/C59H62F2N4O18/c1-22-40-43(56(6)57(7,75)53(74)83-59(56)50(22)81-59)46(71)41-39-42(48(77-23(2)66)51(55(40,41)5)78-24(3)67)54(4)30(17-37-47(80-37)49(54)72)44(45(39)70)62-38(69)13-10-14-65-20-25(63-64-65)21-76-36-19-35-29(16-32(36)61)58(27-12-9-8-11-26(27)52(73)82-58)28-15-31(60)33(68)18-34(28)79-35/h8-9,11-12,15-16,18-20,22,30,37,39-51,68,70-72,75H,10,13-14,17,21H2,1-7H3,(H,62,69)/t22-,30+,37-,39?,40-,41+,42?,43-,44+,45+,46+,47-,48-,49-,50+,51-,54-,55+,56-,57+,58?,59-/m0/s1. The van der Waals surface area contributed by atoms with Crippen LogP contribution in [0, 0.1) is 69.3 Å². The molecular weight excluding hydrogens is 1090 g/mol. The number of fused-ring (bicyclic) bond motifs is 15. The monoisotopic (exact) mass is 1150 g/mol. The lowest BCUT2D eigenvalue weighted by molar-refractivity contribution is -0.285. The zero-order valence-electron chi connectivity index (χ0n) is 46.1. The summed E-state index contributed by atoms with van der Waals surface area (Å²) in [6.45, 7) is 10.8. The Morgan fingerprint density at radius 2 is 1.58 bits per heavy atom. The largest absolute Gasteiger partial charge is 0.505 e. The fraction of sp³-hybridized carbons (Fsp3) is 0.576. The Labute approximate surface area is 472 Å². The van der Waals surface area contributed by atoms with E-state index in [9.17, 15) is 53.9 Å². The number of carbonyl (C=O) groups is 5. The highest BCUT2D eigenvalue weighted by Crippen LogP contribution is 2.81. The molecule has 3 aromatic carbocycles. The zero-order valence-corrected chi connectivity index (χ0v) is 46.1. The van der Waals surface area contributed by atoms with Gasteiger partial charge in [0.05, 0.1) is 58.8 Å². The molecule has 14 rings (SSSR count). The fourth-order valence-electron chi connectivity index (χ4n) is 18.1. The average molecular weight is 1150 g/mol. The molecule has 5 aliphatic heterocycles. The molecule has 22 nitrogen and oxygen atoms in total. The van der Waals surface area contributed by atoms with Crippen LogP contribution < -0.4 is 14.8 Å². The Balaban J connectivity index is 0.717. The molecule has 2 spiro atoms. The number of benzene rings is 3. The maximum absolute atomic E-state index is 16.2. The summed E-state index contributed by atoms with van der Waals surface area (Å²) in [5, 5.41) is 73.0. The second-order valence-corrected chi connectivity index (χ2v) is 25.4. The summed E-state index contributed by atoms with van der Waals surface area (Å²) < 4.78 is 81.3. The predicted octanol–water partition coefficient (Wildman–Crippen LogP) is 3.60. The number of nitrogens with one attached hydrogen (secondary N) is 1. The predicted molar refractivity (Wildman–Crippen MR) is 273 cm³/mol. The number of phenols is 1. The smallest absolute Gasteiger partial charge is 0.341 e. The van der Waals surface area contributed by atoms with E-state index in [2.05, 4.69) is 15.6 Å². The third-order valence-corrected chi connectivity index (χ3v) is 21.6.